The Morgan fingerprint density at radius 3 is 1.41 bits per heavy atom. The maximum Gasteiger partial charge on any atom is 0.173 e. The third-order valence-corrected chi connectivity index (χ3v) is 8.24. The molecule has 2 aromatic rings. The minimum absolute atomic E-state index is 0.0907. The summed E-state index contributed by atoms with van der Waals surface area (Å²) in [5.41, 5.74) is 3.48. The van der Waals surface area contributed by atoms with Gasteiger partial charge in [-0.3, -0.25) is 9.98 Å². The Morgan fingerprint density at radius 2 is 1.05 bits per heavy atom. The van der Waals surface area contributed by atoms with E-state index in [1.165, 1.54) is 12.4 Å². The molecule has 1 saturated heterocycles. The van der Waals surface area contributed by atoms with E-state index in [4.69, 9.17) is 4.74 Å². The number of phenolic OH excluding ortho intramolecular Hbond substituents is 2. The molecule has 0 amide bonds. The van der Waals surface area contributed by atoms with Crippen LogP contribution in [0.5, 0.6) is 11.5 Å². The highest BCUT2D eigenvalue weighted by Crippen LogP contribution is 2.39. The number of phenols is 2. The van der Waals surface area contributed by atoms with Crippen molar-refractivity contribution in [1.29, 1.82) is 0 Å². The second kappa shape index (κ2) is 12.5. The average Bonchev–Trinajstić information content (AvgIpc) is 2.87. The zero-order valence-corrected chi connectivity index (χ0v) is 28.6. The second-order valence-corrected chi connectivity index (χ2v) is 16.2. The quantitative estimate of drug-likeness (QED) is 0.279. The molecule has 1 aliphatic heterocycles. The van der Waals surface area contributed by atoms with Crippen LogP contribution >= 0.6 is 0 Å². The van der Waals surface area contributed by atoms with Crippen LogP contribution in [0.25, 0.3) is 0 Å². The third-order valence-electron chi connectivity index (χ3n) is 8.24. The lowest BCUT2D eigenvalue weighted by molar-refractivity contribution is -0.185. The van der Waals surface area contributed by atoms with Crippen molar-refractivity contribution in [1.82, 2.24) is 0 Å². The van der Waals surface area contributed by atoms with E-state index in [1.54, 1.807) is 0 Å². The smallest absolute Gasteiger partial charge is 0.173 e. The largest absolute Gasteiger partial charge is 0.507 e. The Hall–Kier alpha value is -2.78. The van der Waals surface area contributed by atoms with Gasteiger partial charge in [-0.15, -0.1) is 0 Å². The summed E-state index contributed by atoms with van der Waals surface area (Å²) in [6, 6.07) is 6.73. The average molecular weight is 611 g/mol. The van der Waals surface area contributed by atoms with E-state index in [-0.39, 0.29) is 33.2 Å². The number of nitrogens with zero attached hydrogens (tertiary/aromatic N) is 2. The van der Waals surface area contributed by atoms with Crippen LogP contribution in [0, 0.1) is 0 Å². The van der Waals surface area contributed by atoms with Gasteiger partial charge >= 0.3 is 0 Å². The lowest BCUT2D eigenvalue weighted by Crippen LogP contribution is -2.57. The summed E-state index contributed by atoms with van der Waals surface area (Å²) in [4.78, 5) is 9.22. The molecule has 0 bridgehead atoms. The summed E-state index contributed by atoms with van der Waals surface area (Å²) in [6.07, 6.45) is -1.99. The number of aromatic hydroxyl groups is 2. The molecule has 0 saturated carbocycles. The van der Waals surface area contributed by atoms with Gasteiger partial charge in [-0.2, -0.15) is 0 Å². The number of rotatable bonds is 5. The molecule has 3 rings (SSSR count). The van der Waals surface area contributed by atoms with Gasteiger partial charge in [0.2, 0.25) is 0 Å². The lowest BCUT2D eigenvalue weighted by atomic mass is 9.79. The zero-order chi connectivity index (χ0) is 33.6. The normalized spacial score (nSPS) is 24.0. The predicted molar refractivity (Wildman–Crippen MR) is 178 cm³/mol. The molecule has 0 radical (unpaired) electrons. The highest BCUT2D eigenvalue weighted by atomic mass is 16.5. The number of benzene rings is 2. The fourth-order valence-corrected chi connectivity index (χ4v) is 5.21. The van der Waals surface area contributed by atoms with Crippen molar-refractivity contribution in [3.05, 3.63) is 57.6 Å². The molecule has 1 fully saturated rings. The Bertz CT molecular complexity index is 1390. The first-order chi connectivity index (χ1) is 20.0. The van der Waals surface area contributed by atoms with Crippen LogP contribution in [0.4, 0.5) is 0 Å². The van der Waals surface area contributed by atoms with Crippen LogP contribution in [-0.4, -0.2) is 75.2 Å². The van der Waals surface area contributed by atoms with Crippen molar-refractivity contribution in [3.8, 4) is 11.5 Å². The van der Waals surface area contributed by atoms with Crippen molar-refractivity contribution >= 4 is 12.4 Å². The van der Waals surface area contributed by atoms with E-state index >= 15 is 0 Å². The van der Waals surface area contributed by atoms with E-state index in [0.717, 1.165) is 22.3 Å². The summed E-state index contributed by atoms with van der Waals surface area (Å²) in [5, 5.41) is 54.2. The van der Waals surface area contributed by atoms with E-state index in [0.29, 0.717) is 11.1 Å². The Balaban J connectivity index is 2.14. The summed E-state index contributed by atoms with van der Waals surface area (Å²) >= 11 is 0. The minimum atomic E-state index is -1.41. The van der Waals surface area contributed by atoms with Crippen molar-refractivity contribution in [2.24, 2.45) is 9.98 Å². The van der Waals surface area contributed by atoms with Crippen molar-refractivity contribution in [3.63, 3.8) is 0 Å². The maximum atomic E-state index is 11.2. The van der Waals surface area contributed by atoms with Crippen LogP contribution in [-0.2, 0) is 26.4 Å². The molecule has 5 atom stereocenters. The molecular formula is C36H54N2O6. The molecule has 244 valence electrons. The van der Waals surface area contributed by atoms with Gasteiger partial charge < -0.3 is 30.3 Å². The van der Waals surface area contributed by atoms with Gasteiger partial charge in [0.25, 0.3) is 0 Å². The first-order valence-electron chi connectivity index (χ1n) is 15.4. The van der Waals surface area contributed by atoms with Crippen molar-refractivity contribution < 1.29 is 30.3 Å². The number of aliphatic hydroxyl groups is 3. The highest BCUT2D eigenvalue weighted by Gasteiger charge is 2.44. The van der Waals surface area contributed by atoms with E-state index in [9.17, 15) is 25.5 Å². The molecule has 0 aliphatic carbocycles. The number of hydrogen-bond acceptors (Lipinski definition) is 8. The van der Waals surface area contributed by atoms with Crippen LogP contribution in [0.3, 0.4) is 0 Å². The van der Waals surface area contributed by atoms with Crippen molar-refractivity contribution in [2.45, 2.75) is 135 Å². The highest BCUT2D eigenvalue weighted by molar-refractivity contribution is 5.86. The summed E-state index contributed by atoms with van der Waals surface area (Å²) in [5.74, 6) is 0.191. The maximum absolute atomic E-state index is 11.2. The molecule has 8 heteroatoms. The SMILES string of the molecule is CC(C)(C)c1cc(C=N[C@@H]2[C@@H](O)[C@H](O)[C@@H](CO)O[C@H]2/N=C/c2cc(C(C)(C)C)cc(C(C)(C)C)c2O)c(O)c(C(C)(C)C)c1. The van der Waals surface area contributed by atoms with E-state index in [1.807, 2.05) is 65.8 Å². The van der Waals surface area contributed by atoms with Gasteiger partial charge in [0.15, 0.2) is 6.23 Å². The molecule has 0 spiro atoms. The van der Waals surface area contributed by atoms with Crippen LogP contribution in [0.2, 0.25) is 0 Å². The summed E-state index contributed by atoms with van der Waals surface area (Å²) in [7, 11) is 0. The zero-order valence-electron chi connectivity index (χ0n) is 28.6. The van der Waals surface area contributed by atoms with Crippen LogP contribution < -0.4 is 0 Å². The molecule has 1 aliphatic rings. The molecular weight excluding hydrogens is 556 g/mol. The molecule has 5 N–H and O–H groups in total. The third kappa shape index (κ3) is 7.89. The minimum Gasteiger partial charge on any atom is -0.507 e. The van der Waals surface area contributed by atoms with Crippen LogP contribution in [0.15, 0.2) is 34.3 Å². The number of aliphatic imine (C=N–C) groups is 2. The Kier molecular flexibility index (Phi) is 10.2. The fraction of sp³-hybridized carbons (Fsp3) is 0.611. The molecule has 44 heavy (non-hydrogen) atoms. The molecule has 8 nitrogen and oxygen atoms in total. The molecule has 0 unspecified atom stereocenters. The topological polar surface area (TPSA) is 135 Å². The number of aliphatic hydroxyl groups excluding tert-OH is 3. The molecule has 0 aromatic heterocycles. The fourth-order valence-electron chi connectivity index (χ4n) is 5.21. The van der Waals surface area contributed by atoms with Gasteiger partial charge in [-0.05, 0) is 44.9 Å². The standard InChI is InChI=1S/C36H54N2O6/c1-33(2,3)22-13-20(28(40)24(15-22)35(7,8)9)17-37-27-31(43)30(42)26(19-39)44-32(27)38-18-21-14-23(34(4,5)6)16-25(29(21)41)36(10,11)12/h13-18,26-27,30-32,39-43H,19H2,1-12H3/b37-17?,38-18+/t26-,27-,30-,31-,32-/m1/s1. The van der Waals surface area contributed by atoms with Gasteiger partial charge in [0.1, 0.15) is 35.9 Å². The lowest BCUT2D eigenvalue weighted by Gasteiger charge is -2.39. The van der Waals surface area contributed by atoms with Gasteiger partial charge in [-0.1, -0.05) is 95.2 Å². The van der Waals surface area contributed by atoms with Gasteiger partial charge in [0, 0.05) is 34.7 Å². The second-order valence-electron chi connectivity index (χ2n) is 16.2. The molecule has 2 aromatic carbocycles. The van der Waals surface area contributed by atoms with Crippen LogP contribution in [0.1, 0.15) is 116 Å². The predicted octanol–water partition coefficient (Wildman–Crippen LogP) is 5.63. The summed E-state index contributed by atoms with van der Waals surface area (Å²) < 4.78 is 5.95. The number of hydrogen-bond donors (Lipinski definition) is 5. The Labute approximate surface area is 263 Å². The first-order valence-corrected chi connectivity index (χ1v) is 15.4. The Morgan fingerprint density at radius 1 is 0.636 bits per heavy atom. The van der Waals surface area contributed by atoms with Gasteiger partial charge in [-0.25, -0.2) is 0 Å². The van der Waals surface area contributed by atoms with E-state index < -0.39 is 37.2 Å². The number of ether oxygens (including phenoxy) is 1. The monoisotopic (exact) mass is 610 g/mol. The summed E-state index contributed by atoms with van der Waals surface area (Å²) in [6.45, 7) is 24.2. The molecule has 1 heterocycles. The van der Waals surface area contributed by atoms with Gasteiger partial charge in [0.05, 0.1) is 6.61 Å². The van der Waals surface area contributed by atoms with Crippen molar-refractivity contribution in [2.75, 3.05) is 6.61 Å². The van der Waals surface area contributed by atoms with E-state index in [2.05, 4.69) is 51.5 Å². The first kappa shape index (κ1) is 35.7.